The van der Waals surface area contributed by atoms with Crippen molar-refractivity contribution in [3.8, 4) is 0 Å². The normalized spacial score (nSPS) is 9.88. The minimum Gasteiger partial charge on any atom is -0.352 e. The van der Waals surface area contributed by atoms with Gasteiger partial charge in [-0.25, -0.2) is 0 Å². The molecule has 0 unspecified atom stereocenters. The number of amides is 1. The maximum absolute atomic E-state index is 11.7. The number of aromatic nitrogens is 2. The Hall–Kier alpha value is -2.23. The topological polar surface area (TPSA) is 54.9 Å². The van der Waals surface area contributed by atoms with Crippen LogP contribution in [0.1, 0.15) is 15.9 Å². The predicted octanol–water partition coefficient (Wildman–Crippen LogP) is 1.45. The lowest BCUT2D eigenvalue weighted by molar-refractivity contribution is 0.0954. The molecular formula is C13H13N3O. The van der Waals surface area contributed by atoms with E-state index in [1.165, 1.54) is 0 Å². The van der Waals surface area contributed by atoms with Crippen LogP contribution in [0.15, 0.2) is 49.1 Å². The van der Waals surface area contributed by atoms with Crippen LogP contribution in [0.25, 0.3) is 0 Å². The Morgan fingerprint density at radius 2 is 1.88 bits per heavy atom. The first kappa shape index (κ1) is 11.3. The summed E-state index contributed by atoms with van der Waals surface area (Å²) in [5.74, 6) is -0.0954. The van der Waals surface area contributed by atoms with Crippen LogP contribution in [0.4, 0.5) is 0 Å². The van der Waals surface area contributed by atoms with Gasteiger partial charge in [0.25, 0.3) is 5.91 Å². The van der Waals surface area contributed by atoms with Crippen molar-refractivity contribution in [1.29, 1.82) is 0 Å². The number of hydrogen-bond acceptors (Lipinski definition) is 3. The summed E-state index contributed by atoms with van der Waals surface area (Å²) in [7, 11) is 0. The van der Waals surface area contributed by atoms with Crippen molar-refractivity contribution >= 4 is 5.91 Å². The summed E-state index contributed by atoms with van der Waals surface area (Å²) in [5.41, 5.74) is 1.69. The first-order chi connectivity index (χ1) is 8.36. The van der Waals surface area contributed by atoms with E-state index in [0.717, 1.165) is 12.0 Å². The predicted molar refractivity (Wildman–Crippen MR) is 64.5 cm³/mol. The molecule has 0 spiro atoms. The molecular weight excluding hydrogens is 214 g/mol. The summed E-state index contributed by atoms with van der Waals surface area (Å²) in [4.78, 5) is 19.6. The van der Waals surface area contributed by atoms with Crippen LogP contribution in [0.3, 0.4) is 0 Å². The molecule has 4 heteroatoms. The van der Waals surface area contributed by atoms with Crippen molar-refractivity contribution in [2.24, 2.45) is 0 Å². The summed E-state index contributed by atoms with van der Waals surface area (Å²) in [6, 6.07) is 7.37. The minimum absolute atomic E-state index is 0.0954. The Bertz CT molecular complexity index is 471. The van der Waals surface area contributed by atoms with Crippen molar-refractivity contribution in [3.63, 3.8) is 0 Å². The fraction of sp³-hybridized carbons (Fsp3) is 0.154. The molecule has 0 aliphatic heterocycles. The van der Waals surface area contributed by atoms with Crippen LogP contribution in [-0.2, 0) is 6.42 Å². The van der Waals surface area contributed by atoms with Crippen LogP contribution in [-0.4, -0.2) is 22.4 Å². The Labute approximate surface area is 99.7 Å². The van der Waals surface area contributed by atoms with Gasteiger partial charge >= 0.3 is 0 Å². The van der Waals surface area contributed by atoms with E-state index in [0.29, 0.717) is 12.1 Å². The maximum Gasteiger partial charge on any atom is 0.252 e. The zero-order valence-corrected chi connectivity index (χ0v) is 9.34. The summed E-state index contributed by atoms with van der Waals surface area (Å²) in [6.07, 6.45) is 7.51. The fourth-order valence-electron chi connectivity index (χ4n) is 1.47. The minimum atomic E-state index is -0.0954. The zero-order valence-electron chi connectivity index (χ0n) is 9.34. The molecule has 0 aromatic carbocycles. The van der Waals surface area contributed by atoms with E-state index in [1.807, 2.05) is 12.1 Å². The Balaban J connectivity index is 1.82. The Kier molecular flexibility index (Phi) is 3.81. The molecule has 0 atom stereocenters. The van der Waals surface area contributed by atoms with Gasteiger partial charge in [-0.05, 0) is 30.2 Å². The number of nitrogens with zero attached hydrogens (tertiary/aromatic N) is 2. The molecule has 17 heavy (non-hydrogen) atoms. The summed E-state index contributed by atoms with van der Waals surface area (Å²) in [5, 5.41) is 2.84. The highest BCUT2D eigenvalue weighted by atomic mass is 16.1. The van der Waals surface area contributed by atoms with Gasteiger partial charge in [-0.3, -0.25) is 14.8 Å². The number of hydrogen-bond donors (Lipinski definition) is 1. The molecule has 1 amide bonds. The lowest BCUT2D eigenvalue weighted by Crippen LogP contribution is -2.25. The van der Waals surface area contributed by atoms with E-state index in [1.54, 1.807) is 36.9 Å². The highest BCUT2D eigenvalue weighted by Crippen LogP contribution is 1.97. The van der Waals surface area contributed by atoms with Gasteiger partial charge in [-0.1, -0.05) is 6.07 Å². The summed E-state index contributed by atoms with van der Waals surface area (Å²) >= 11 is 0. The highest BCUT2D eigenvalue weighted by Gasteiger charge is 2.03. The molecule has 0 aliphatic carbocycles. The van der Waals surface area contributed by atoms with Crippen molar-refractivity contribution in [2.75, 3.05) is 6.54 Å². The fourth-order valence-corrected chi connectivity index (χ4v) is 1.47. The highest BCUT2D eigenvalue weighted by molar-refractivity contribution is 5.93. The smallest absolute Gasteiger partial charge is 0.252 e. The second-order valence-electron chi connectivity index (χ2n) is 3.61. The molecule has 2 rings (SSSR count). The molecule has 0 saturated heterocycles. The van der Waals surface area contributed by atoms with Gasteiger partial charge < -0.3 is 5.32 Å². The van der Waals surface area contributed by atoms with Gasteiger partial charge in [0.15, 0.2) is 0 Å². The van der Waals surface area contributed by atoms with Crippen molar-refractivity contribution in [2.45, 2.75) is 6.42 Å². The largest absolute Gasteiger partial charge is 0.352 e. The lowest BCUT2D eigenvalue weighted by atomic mass is 10.2. The molecule has 2 aromatic rings. The van der Waals surface area contributed by atoms with Gasteiger partial charge in [0, 0.05) is 31.3 Å². The third-order valence-corrected chi connectivity index (χ3v) is 2.35. The molecule has 86 valence electrons. The van der Waals surface area contributed by atoms with Gasteiger partial charge in [0.1, 0.15) is 0 Å². The third-order valence-electron chi connectivity index (χ3n) is 2.35. The van der Waals surface area contributed by atoms with Crippen molar-refractivity contribution in [1.82, 2.24) is 15.3 Å². The average molecular weight is 227 g/mol. The third kappa shape index (κ3) is 3.38. The number of carbonyl (C=O) groups is 1. The molecule has 0 bridgehead atoms. The van der Waals surface area contributed by atoms with Crippen LogP contribution in [0.5, 0.6) is 0 Å². The van der Waals surface area contributed by atoms with E-state index in [9.17, 15) is 4.79 Å². The Morgan fingerprint density at radius 3 is 2.53 bits per heavy atom. The summed E-state index contributed by atoms with van der Waals surface area (Å²) in [6.45, 7) is 0.597. The number of pyridine rings is 2. The van der Waals surface area contributed by atoms with E-state index < -0.39 is 0 Å². The van der Waals surface area contributed by atoms with E-state index in [-0.39, 0.29) is 5.91 Å². The SMILES string of the molecule is O=C(NCCc1cccnc1)c1cccnc1. The van der Waals surface area contributed by atoms with Crippen LogP contribution >= 0.6 is 0 Å². The van der Waals surface area contributed by atoms with Gasteiger partial charge in [-0.2, -0.15) is 0 Å². The molecule has 2 aromatic heterocycles. The van der Waals surface area contributed by atoms with Crippen LogP contribution in [0, 0.1) is 0 Å². The van der Waals surface area contributed by atoms with Gasteiger partial charge in [0.2, 0.25) is 0 Å². The first-order valence-corrected chi connectivity index (χ1v) is 5.43. The lowest BCUT2D eigenvalue weighted by Gasteiger charge is -2.04. The molecule has 2 heterocycles. The average Bonchev–Trinajstić information content (AvgIpc) is 2.41. The second-order valence-corrected chi connectivity index (χ2v) is 3.61. The Morgan fingerprint density at radius 1 is 1.12 bits per heavy atom. The molecule has 1 N–H and O–H groups in total. The number of rotatable bonds is 4. The van der Waals surface area contributed by atoms with Crippen LogP contribution in [0.2, 0.25) is 0 Å². The van der Waals surface area contributed by atoms with Gasteiger partial charge in [-0.15, -0.1) is 0 Å². The zero-order chi connectivity index (χ0) is 11.9. The standard InChI is InChI=1S/C13H13N3O/c17-13(12-4-2-7-15-10-12)16-8-5-11-3-1-6-14-9-11/h1-4,6-7,9-10H,5,8H2,(H,16,17). The number of carbonyl (C=O) groups excluding carboxylic acids is 1. The first-order valence-electron chi connectivity index (χ1n) is 5.43. The molecule has 0 fully saturated rings. The van der Waals surface area contributed by atoms with Gasteiger partial charge in [0.05, 0.1) is 5.56 Å². The van der Waals surface area contributed by atoms with E-state index >= 15 is 0 Å². The molecule has 0 aliphatic rings. The molecule has 0 radical (unpaired) electrons. The second kappa shape index (κ2) is 5.75. The summed E-state index contributed by atoms with van der Waals surface area (Å²) < 4.78 is 0. The maximum atomic E-state index is 11.7. The van der Waals surface area contributed by atoms with Crippen LogP contribution < -0.4 is 5.32 Å². The van der Waals surface area contributed by atoms with E-state index in [4.69, 9.17) is 0 Å². The quantitative estimate of drug-likeness (QED) is 0.860. The molecule has 0 saturated carbocycles. The number of nitrogens with one attached hydrogen (secondary N) is 1. The van der Waals surface area contributed by atoms with E-state index in [2.05, 4.69) is 15.3 Å². The van der Waals surface area contributed by atoms with Crippen molar-refractivity contribution in [3.05, 3.63) is 60.2 Å². The monoisotopic (exact) mass is 227 g/mol. The molecule has 4 nitrogen and oxygen atoms in total. The van der Waals surface area contributed by atoms with Crippen molar-refractivity contribution < 1.29 is 4.79 Å².